The largest absolute Gasteiger partial charge is 0.377 e. The van der Waals surface area contributed by atoms with Crippen molar-refractivity contribution in [2.24, 2.45) is 0 Å². The molecule has 2 aromatic rings. The lowest BCUT2D eigenvalue weighted by Gasteiger charge is -2.32. The van der Waals surface area contributed by atoms with E-state index in [4.69, 9.17) is 4.74 Å². The number of fused-ring (bicyclic) bond motifs is 1. The molecule has 2 unspecified atom stereocenters. The van der Waals surface area contributed by atoms with Gasteiger partial charge in [0.15, 0.2) is 5.65 Å². The lowest BCUT2D eigenvalue weighted by atomic mass is 9.99. The van der Waals surface area contributed by atoms with E-state index in [0.29, 0.717) is 12.3 Å². The summed E-state index contributed by atoms with van der Waals surface area (Å²) >= 11 is 0. The number of aromatic nitrogens is 3. The summed E-state index contributed by atoms with van der Waals surface area (Å²) in [6.07, 6.45) is 1.55. The summed E-state index contributed by atoms with van der Waals surface area (Å²) in [5.41, 5.74) is 0.672. The molecule has 2 aromatic heterocycles. The van der Waals surface area contributed by atoms with Crippen molar-refractivity contribution in [1.29, 1.82) is 0 Å². The highest BCUT2D eigenvalue weighted by atomic mass is 19.1. The number of nitrogens with zero attached hydrogens (tertiary/aromatic N) is 3. The first-order chi connectivity index (χ1) is 7.25. The first kappa shape index (κ1) is 8.79. The van der Waals surface area contributed by atoms with Gasteiger partial charge in [-0.05, 0) is 19.1 Å². The average molecular weight is 207 g/mol. The Labute approximate surface area is 85.7 Å². The van der Waals surface area contributed by atoms with E-state index in [2.05, 4.69) is 10.2 Å². The normalized spacial score (nSPS) is 25.5. The van der Waals surface area contributed by atoms with Crippen LogP contribution in [-0.4, -0.2) is 27.3 Å². The molecule has 0 N–H and O–H groups in total. The molecule has 5 heteroatoms. The molecule has 15 heavy (non-hydrogen) atoms. The van der Waals surface area contributed by atoms with Crippen molar-refractivity contribution in [2.45, 2.75) is 18.9 Å². The van der Waals surface area contributed by atoms with E-state index in [0.717, 1.165) is 5.82 Å². The SMILES string of the molecule is CC1OCC1c1nnc2ccc(F)cn12. The van der Waals surface area contributed by atoms with Crippen LogP contribution in [0.15, 0.2) is 18.3 Å². The molecule has 3 rings (SSSR count). The summed E-state index contributed by atoms with van der Waals surface area (Å²) in [5.74, 6) is 0.724. The predicted molar refractivity (Wildman–Crippen MR) is 51.1 cm³/mol. The number of halogens is 1. The minimum Gasteiger partial charge on any atom is -0.377 e. The fraction of sp³-hybridized carbons (Fsp3) is 0.400. The summed E-state index contributed by atoms with van der Waals surface area (Å²) in [6.45, 7) is 2.62. The van der Waals surface area contributed by atoms with E-state index in [1.807, 2.05) is 6.92 Å². The van der Waals surface area contributed by atoms with Gasteiger partial charge in [-0.2, -0.15) is 0 Å². The van der Waals surface area contributed by atoms with E-state index in [-0.39, 0.29) is 17.8 Å². The molecule has 3 heterocycles. The van der Waals surface area contributed by atoms with Gasteiger partial charge in [-0.25, -0.2) is 4.39 Å². The Morgan fingerprint density at radius 2 is 2.33 bits per heavy atom. The van der Waals surface area contributed by atoms with Crippen molar-refractivity contribution in [3.63, 3.8) is 0 Å². The fourth-order valence-corrected chi connectivity index (χ4v) is 1.80. The van der Waals surface area contributed by atoms with Gasteiger partial charge >= 0.3 is 0 Å². The van der Waals surface area contributed by atoms with Crippen LogP contribution in [0.5, 0.6) is 0 Å². The summed E-state index contributed by atoms with van der Waals surface area (Å²) in [4.78, 5) is 0. The number of rotatable bonds is 1. The Bertz CT molecular complexity index is 510. The topological polar surface area (TPSA) is 39.4 Å². The Balaban J connectivity index is 2.14. The van der Waals surface area contributed by atoms with E-state index in [9.17, 15) is 4.39 Å². The maximum atomic E-state index is 13.1. The van der Waals surface area contributed by atoms with Crippen LogP contribution in [-0.2, 0) is 4.74 Å². The maximum Gasteiger partial charge on any atom is 0.160 e. The van der Waals surface area contributed by atoms with Crippen LogP contribution in [0.1, 0.15) is 18.7 Å². The monoisotopic (exact) mass is 207 g/mol. The molecule has 4 nitrogen and oxygen atoms in total. The molecule has 0 aliphatic carbocycles. The number of ether oxygens (including phenoxy) is 1. The van der Waals surface area contributed by atoms with Gasteiger partial charge < -0.3 is 4.74 Å². The van der Waals surface area contributed by atoms with Crippen molar-refractivity contribution >= 4 is 5.65 Å². The van der Waals surface area contributed by atoms with Gasteiger partial charge in [0.2, 0.25) is 0 Å². The van der Waals surface area contributed by atoms with Gasteiger partial charge in [-0.3, -0.25) is 4.40 Å². The number of hydrogen-bond donors (Lipinski definition) is 0. The van der Waals surface area contributed by atoms with E-state index in [1.54, 1.807) is 10.5 Å². The molecule has 0 radical (unpaired) electrons. The third-order valence-electron chi connectivity index (χ3n) is 2.83. The predicted octanol–water partition coefficient (Wildman–Crippen LogP) is 1.37. The molecular formula is C10H10FN3O. The molecule has 0 saturated carbocycles. The minimum absolute atomic E-state index is 0.140. The van der Waals surface area contributed by atoms with Gasteiger partial charge in [0.25, 0.3) is 0 Å². The van der Waals surface area contributed by atoms with Crippen LogP contribution in [0.25, 0.3) is 5.65 Å². The minimum atomic E-state index is -0.281. The summed E-state index contributed by atoms with van der Waals surface area (Å²) in [5, 5.41) is 8.06. The summed E-state index contributed by atoms with van der Waals surface area (Å²) in [6, 6.07) is 3.00. The van der Waals surface area contributed by atoms with E-state index < -0.39 is 0 Å². The van der Waals surface area contributed by atoms with Gasteiger partial charge in [-0.15, -0.1) is 10.2 Å². The molecule has 1 saturated heterocycles. The van der Waals surface area contributed by atoms with Gasteiger partial charge in [0.05, 0.1) is 18.6 Å². The molecular weight excluding hydrogens is 197 g/mol. The second kappa shape index (κ2) is 3.00. The number of pyridine rings is 1. The third-order valence-corrected chi connectivity index (χ3v) is 2.83. The molecule has 1 fully saturated rings. The first-order valence-electron chi connectivity index (χ1n) is 4.87. The number of hydrogen-bond acceptors (Lipinski definition) is 3. The lowest BCUT2D eigenvalue weighted by molar-refractivity contribution is -0.0678. The molecule has 2 atom stereocenters. The zero-order valence-corrected chi connectivity index (χ0v) is 8.22. The second-order valence-corrected chi connectivity index (χ2v) is 3.78. The van der Waals surface area contributed by atoms with E-state index >= 15 is 0 Å². The highest BCUT2D eigenvalue weighted by molar-refractivity contribution is 5.38. The van der Waals surface area contributed by atoms with Crippen LogP contribution in [0.4, 0.5) is 4.39 Å². The average Bonchev–Trinajstić information content (AvgIpc) is 2.59. The first-order valence-corrected chi connectivity index (χ1v) is 4.87. The van der Waals surface area contributed by atoms with Gasteiger partial charge in [0, 0.05) is 6.20 Å². The van der Waals surface area contributed by atoms with Crippen LogP contribution >= 0.6 is 0 Å². The molecule has 1 aliphatic heterocycles. The van der Waals surface area contributed by atoms with E-state index in [1.165, 1.54) is 12.3 Å². The standard InChI is InChI=1S/C10H10FN3O/c1-6-8(5-15-6)10-13-12-9-3-2-7(11)4-14(9)10/h2-4,6,8H,5H2,1H3. The second-order valence-electron chi connectivity index (χ2n) is 3.78. The zero-order valence-electron chi connectivity index (χ0n) is 8.22. The lowest BCUT2D eigenvalue weighted by Crippen LogP contribution is -2.36. The molecule has 0 bridgehead atoms. The van der Waals surface area contributed by atoms with Crippen molar-refractivity contribution in [3.8, 4) is 0 Å². The summed E-state index contributed by atoms with van der Waals surface area (Å²) < 4.78 is 20.0. The van der Waals surface area contributed by atoms with Gasteiger partial charge in [-0.1, -0.05) is 0 Å². The van der Waals surface area contributed by atoms with Crippen molar-refractivity contribution in [1.82, 2.24) is 14.6 Å². The highest BCUT2D eigenvalue weighted by Gasteiger charge is 2.33. The Morgan fingerprint density at radius 3 is 3.00 bits per heavy atom. The Morgan fingerprint density at radius 1 is 1.47 bits per heavy atom. The molecule has 78 valence electrons. The third kappa shape index (κ3) is 1.23. The van der Waals surface area contributed by atoms with Crippen LogP contribution < -0.4 is 0 Å². The van der Waals surface area contributed by atoms with Crippen LogP contribution in [0, 0.1) is 5.82 Å². The molecule has 0 aromatic carbocycles. The maximum absolute atomic E-state index is 13.1. The highest BCUT2D eigenvalue weighted by Crippen LogP contribution is 2.29. The van der Waals surface area contributed by atoms with Crippen LogP contribution in [0.3, 0.4) is 0 Å². The fourth-order valence-electron chi connectivity index (χ4n) is 1.80. The molecule has 0 amide bonds. The van der Waals surface area contributed by atoms with Crippen molar-refractivity contribution in [2.75, 3.05) is 6.61 Å². The van der Waals surface area contributed by atoms with Crippen molar-refractivity contribution < 1.29 is 9.13 Å². The van der Waals surface area contributed by atoms with Crippen LogP contribution in [0.2, 0.25) is 0 Å². The van der Waals surface area contributed by atoms with Gasteiger partial charge in [0.1, 0.15) is 11.6 Å². The molecule has 1 aliphatic rings. The van der Waals surface area contributed by atoms with Crippen molar-refractivity contribution in [3.05, 3.63) is 30.0 Å². The quantitative estimate of drug-likeness (QED) is 0.709. The smallest absolute Gasteiger partial charge is 0.160 e. The Kier molecular flexibility index (Phi) is 1.76. The summed E-state index contributed by atoms with van der Waals surface area (Å²) in [7, 11) is 0. The zero-order chi connectivity index (χ0) is 10.4. The molecule has 0 spiro atoms. The Hall–Kier alpha value is -1.49.